The number of carbonyl (C=O) groups is 2. The number of nitrogens with zero attached hydrogens (tertiary/aromatic N) is 3. The minimum absolute atomic E-state index is 0.217. The summed E-state index contributed by atoms with van der Waals surface area (Å²) in [6.45, 7) is 0. The van der Waals surface area contributed by atoms with Gasteiger partial charge in [-0.2, -0.15) is 0 Å². The smallest absolute Gasteiger partial charge is 0.234 e. The van der Waals surface area contributed by atoms with Crippen LogP contribution in [-0.4, -0.2) is 26.4 Å². The van der Waals surface area contributed by atoms with Crippen molar-refractivity contribution in [2.75, 3.05) is 0 Å². The second-order valence-corrected chi connectivity index (χ2v) is 4.83. The molecule has 1 N–H and O–H groups in total. The molecule has 1 saturated heterocycles. The summed E-state index contributed by atoms with van der Waals surface area (Å²) in [6.07, 6.45) is 2.63. The molecule has 92 valence electrons. The summed E-state index contributed by atoms with van der Waals surface area (Å²) in [5, 5.41) is 6.48. The molecule has 0 bridgehead atoms. The molecule has 0 saturated carbocycles. The number of hydrogen-bond acceptors (Lipinski definition) is 4. The summed E-state index contributed by atoms with van der Waals surface area (Å²) in [4.78, 5) is 27.2. The second-order valence-electron chi connectivity index (χ2n) is 4.12. The fourth-order valence-electron chi connectivity index (χ4n) is 2.16. The quantitative estimate of drug-likeness (QED) is 0.798. The molecule has 6 nitrogen and oxygen atoms in total. The first-order valence-corrected chi connectivity index (χ1v) is 6.29. The van der Waals surface area contributed by atoms with Gasteiger partial charge in [0.15, 0.2) is 5.65 Å². The van der Waals surface area contributed by atoms with Crippen LogP contribution in [-0.2, 0) is 9.59 Å². The molecule has 0 radical (unpaired) electrons. The Morgan fingerprint density at radius 1 is 1.44 bits per heavy atom. The van der Waals surface area contributed by atoms with Crippen molar-refractivity contribution in [3.05, 3.63) is 28.6 Å². The lowest BCUT2D eigenvalue weighted by molar-refractivity contribution is -0.134. The molecule has 3 heterocycles. The number of aromatic nitrogens is 3. The van der Waals surface area contributed by atoms with Crippen LogP contribution < -0.4 is 5.32 Å². The molecule has 2 aromatic rings. The Morgan fingerprint density at radius 3 is 3.06 bits per heavy atom. The van der Waals surface area contributed by atoms with Crippen molar-refractivity contribution in [2.45, 2.75) is 18.8 Å². The first-order chi connectivity index (χ1) is 8.65. The molecule has 1 aliphatic heterocycles. The van der Waals surface area contributed by atoms with Gasteiger partial charge in [-0.05, 0) is 28.4 Å². The largest absolute Gasteiger partial charge is 0.296 e. The van der Waals surface area contributed by atoms with Gasteiger partial charge in [0, 0.05) is 18.2 Å². The Labute approximate surface area is 111 Å². The van der Waals surface area contributed by atoms with Crippen LogP contribution in [0, 0.1) is 0 Å². The van der Waals surface area contributed by atoms with Crippen molar-refractivity contribution in [3.63, 3.8) is 0 Å². The van der Waals surface area contributed by atoms with E-state index < -0.39 is 0 Å². The maximum Gasteiger partial charge on any atom is 0.234 e. The fraction of sp³-hybridized carbons (Fsp3) is 0.273. The normalized spacial score (nSPS) is 20.2. The minimum atomic E-state index is -0.345. The van der Waals surface area contributed by atoms with Crippen molar-refractivity contribution in [1.29, 1.82) is 0 Å². The monoisotopic (exact) mass is 308 g/mol. The molecule has 2 aromatic heterocycles. The molecule has 0 aliphatic carbocycles. The van der Waals surface area contributed by atoms with E-state index in [4.69, 9.17) is 0 Å². The highest BCUT2D eigenvalue weighted by molar-refractivity contribution is 9.10. The lowest BCUT2D eigenvalue weighted by Gasteiger charge is -2.20. The van der Waals surface area contributed by atoms with E-state index in [1.807, 2.05) is 12.1 Å². The van der Waals surface area contributed by atoms with Gasteiger partial charge >= 0.3 is 0 Å². The van der Waals surface area contributed by atoms with Crippen LogP contribution in [0.25, 0.3) is 5.65 Å². The van der Waals surface area contributed by atoms with Crippen molar-refractivity contribution in [3.8, 4) is 0 Å². The van der Waals surface area contributed by atoms with E-state index in [-0.39, 0.29) is 17.7 Å². The van der Waals surface area contributed by atoms with Crippen molar-refractivity contribution >= 4 is 33.4 Å². The number of piperidine rings is 1. The van der Waals surface area contributed by atoms with E-state index in [1.165, 1.54) is 0 Å². The van der Waals surface area contributed by atoms with Crippen LogP contribution >= 0.6 is 15.9 Å². The number of pyridine rings is 1. The average molecular weight is 309 g/mol. The highest BCUT2D eigenvalue weighted by Gasteiger charge is 2.30. The van der Waals surface area contributed by atoms with Crippen molar-refractivity contribution < 1.29 is 9.59 Å². The lowest BCUT2D eigenvalue weighted by atomic mass is 9.91. The van der Waals surface area contributed by atoms with Gasteiger partial charge in [-0.3, -0.25) is 14.9 Å². The van der Waals surface area contributed by atoms with E-state index in [0.717, 1.165) is 5.56 Å². The van der Waals surface area contributed by atoms with Gasteiger partial charge in [0.2, 0.25) is 16.5 Å². The molecule has 2 amide bonds. The molecule has 1 unspecified atom stereocenters. The molecule has 1 fully saturated rings. The van der Waals surface area contributed by atoms with Crippen LogP contribution in [0.15, 0.2) is 23.1 Å². The zero-order valence-corrected chi connectivity index (χ0v) is 10.8. The second kappa shape index (κ2) is 4.16. The van der Waals surface area contributed by atoms with Gasteiger partial charge in [-0.1, -0.05) is 6.07 Å². The summed E-state index contributed by atoms with van der Waals surface area (Å²) in [5.41, 5.74) is 1.43. The highest BCUT2D eigenvalue weighted by Crippen LogP contribution is 2.27. The first kappa shape index (κ1) is 11.3. The van der Waals surface area contributed by atoms with Crippen LogP contribution in [0.5, 0.6) is 0 Å². The van der Waals surface area contributed by atoms with Crippen LogP contribution in [0.2, 0.25) is 0 Å². The Bertz CT molecular complexity index is 652. The maximum absolute atomic E-state index is 11.9. The number of carbonyl (C=O) groups excluding carboxylic acids is 2. The zero-order valence-electron chi connectivity index (χ0n) is 9.26. The predicted octanol–water partition coefficient (Wildman–Crippen LogP) is 1.01. The maximum atomic E-state index is 11.9. The van der Waals surface area contributed by atoms with Gasteiger partial charge in [-0.15, -0.1) is 5.10 Å². The number of nitrogens with one attached hydrogen (secondary N) is 1. The fourth-order valence-corrected chi connectivity index (χ4v) is 2.50. The molecule has 7 heteroatoms. The number of halogens is 1. The number of fused-ring (bicyclic) bond motifs is 1. The molecular formula is C11H9BrN4O2. The van der Waals surface area contributed by atoms with E-state index >= 15 is 0 Å². The van der Waals surface area contributed by atoms with Crippen molar-refractivity contribution in [1.82, 2.24) is 19.9 Å². The molecule has 1 atom stereocenters. The standard InChI is InChI=1S/C11H9BrN4O2/c12-11-14-9-6(2-1-5-16(9)15-11)7-3-4-8(17)13-10(7)18/h1-2,5,7H,3-4H2,(H,13,17,18). The number of rotatable bonds is 1. The summed E-state index contributed by atoms with van der Waals surface area (Å²) < 4.78 is 2.09. The van der Waals surface area contributed by atoms with Crippen LogP contribution in [0.1, 0.15) is 24.3 Å². The molecule has 18 heavy (non-hydrogen) atoms. The van der Waals surface area contributed by atoms with Crippen LogP contribution in [0.4, 0.5) is 0 Å². The van der Waals surface area contributed by atoms with Crippen LogP contribution in [0.3, 0.4) is 0 Å². The van der Waals surface area contributed by atoms with Gasteiger partial charge in [0.1, 0.15) is 0 Å². The summed E-state index contributed by atoms with van der Waals surface area (Å²) in [7, 11) is 0. The number of imide groups is 1. The minimum Gasteiger partial charge on any atom is -0.296 e. The summed E-state index contributed by atoms with van der Waals surface area (Å²) >= 11 is 3.21. The predicted molar refractivity (Wildman–Crippen MR) is 65.8 cm³/mol. The topological polar surface area (TPSA) is 76.4 Å². The third-order valence-corrected chi connectivity index (χ3v) is 3.32. The van der Waals surface area contributed by atoms with Gasteiger partial charge in [-0.25, -0.2) is 9.50 Å². The van der Waals surface area contributed by atoms with E-state index in [0.29, 0.717) is 23.2 Å². The Balaban J connectivity index is 2.08. The Hall–Kier alpha value is -1.76. The van der Waals surface area contributed by atoms with Crippen molar-refractivity contribution in [2.24, 2.45) is 0 Å². The molecule has 3 rings (SSSR count). The van der Waals surface area contributed by atoms with E-state index in [2.05, 4.69) is 31.3 Å². The van der Waals surface area contributed by atoms with Gasteiger partial charge in [0.05, 0.1) is 5.92 Å². The molecule has 1 aliphatic rings. The summed E-state index contributed by atoms with van der Waals surface area (Å²) in [5.74, 6) is -0.827. The number of amides is 2. The van der Waals surface area contributed by atoms with Gasteiger partial charge in [0.25, 0.3) is 0 Å². The van der Waals surface area contributed by atoms with E-state index in [9.17, 15) is 9.59 Å². The third kappa shape index (κ3) is 1.80. The highest BCUT2D eigenvalue weighted by atomic mass is 79.9. The number of hydrogen-bond donors (Lipinski definition) is 1. The first-order valence-electron chi connectivity index (χ1n) is 5.49. The lowest BCUT2D eigenvalue weighted by Crippen LogP contribution is -2.39. The third-order valence-electron chi connectivity index (χ3n) is 2.98. The van der Waals surface area contributed by atoms with Gasteiger partial charge < -0.3 is 0 Å². The molecular weight excluding hydrogens is 300 g/mol. The summed E-state index contributed by atoms with van der Waals surface area (Å²) in [6, 6.07) is 3.66. The Morgan fingerprint density at radius 2 is 2.28 bits per heavy atom. The van der Waals surface area contributed by atoms with E-state index in [1.54, 1.807) is 10.7 Å². The SMILES string of the molecule is O=C1CCC(c2cccn3nc(Br)nc23)C(=O)N1. The molecule has 0 spiro atoms. The Kier molecular flexibility index (Phi) is 2.62. The molecule has 0 aromatic carbocycles. The average Bonchev–Trinajstić information content (AvgIpc) is 2.69. The zero-order chi connectivity index (χ0) is 12.7.